The molecule has 2 rings (SSSR count). The van der Waals surface area contributed by atoms with Crippen LogP contribution in [0.3, 0.4) is 0 Å². The van der Waals surface area contributed by atoms with Crippen molar-refractivity contribution in [3.8, 4) is 0 Å². The van der Waals surface area contributed by atoms with Gasteiger partial charge >= 0.3 is 0 Å². The van der Waals surface area contributed by atoms with Crippen molar-refractivity contribution in [2.75, 3.05) is 4.90 Å². The lowest BCUT2D eigenvalue weighted by atomic mass is 9.98. The zero-order chi connectivity index (χ0) is 14.9. The van der Waals surface area contributed by atoms with Gasteiger partial charge in [-0.15, -0.1) is 0 Å². The van der Waals surface area contributed by atoms with Gasteiger partial charge in [0.05, 0.1) is 0 Å². The van der Waals surface area contributed by atoms with E-state index >= 15 is 0 Å². The number of rotatable bonds is 3. The van der Waals surface area contributed by atoms with E-state index in [9.17, 15) is 9.59 Å². The maximum atomic E-state index is 12.6. The monoisotopic (exact) mass is 294 g/mol. The molecule has 1 saturated heterocycles. The SMILES string of the molecule is CC(C)CC1NC(=O)C(C)N(c2ccc(Cl)cc2)C1=O. The molecule has 0 aromatic heterocycles. The average molecular weight is 295 g/mol. The lowest BCUT2D eigenvalue weighted by Gasteiger charge is -2.37. The number of nitrogens with one attached hydrogen (secondary N) is 1. The lowest BCUT2D eigenvalue weighted by molar-refractivity contribution is -0.133. The van der Waals surface area contributed by atoms with Gasteiger partial charge in [-0.1, -0.05) is 25.4 Å². The van der Waals surface area contributed by atoms with Crippen LogP contribution < -0.4 is 10.2 Å². The molecule has 1 aliphatic rings. The fourth-order valence-electron chi connectivity index (χ4n) is 2.41. The number of benzene rings is 1. The minimum absolute atomic E-state index is 0.0619. The van der Waals surface area contributed by atoms with Crippen molar-refractivity contribution in [1.29, 1.82) is 0 Å². The molecule has 2 unspecified atom stereocenters. The first-order valence-electron chi connectivity index (χ1n) is 6.79. The van der Waals surface area contributed by atoms with Crippen LogP contribution in [0.2, 0.25) is 5.02 Å². The molecule has 108 valence electrons. The molecule has 20 heavy (non-hydrogen) atoms. The van der Waals surface area contributed by atoms with Gasteiger partial charge in [0.2, 0.25) is 11.8 Å². The van der Waals surface area contributed by atoms with Gasteiger partial charge in [-0.2, -0.15) is 0 Å². The van der Waals surface area contributed by atoms with Crippen LogP contribution in [-0.2, 0) is 9.59 Å². The smallest absolute Gasteiger partial charge is 0.250 e. The molecule has 1 N–H and O–H groups in total. The maximum Gasteiger partial charge on any atom is 0.250 e. The predicted octanol–water partition coefficient (Wildman–Crippen LogP) is 2.61. The van der Waals surface area contributed by atoms with E-state index in [1.807, 2.05) is 13.8 Å². The standard InChI is InChI=1S/C15H19ClN2O2/c1-9(2)8-13-15(20)18(10(3)14(19)17-13)12-6-4-11(16)5-7-12/h4-7,9-10,13H,8H2,1-3H3,(H,17,19). The van der Waals surface area contributed by atoms with Gasteiger partial charge < -0.3 is 5.32 Å². The Kier molecular flexibility index (Phi) is 4.33. The van der Waals surface area contributed by atoms with E-state index in [1.54, 1.807) is 36.1 Å². The molecule has 0 aliphatic carbocycles. The Bertz CT molecular complexity index is 513. The van der Waals surface area contributed by atoms with E-state index in [1.165, 1.54) is 0 Å². The number of halogens is 1. The maximum absolute atomic E-state index is 12.6. The van der Waals surface area contributed by atoms with Gasteiger partial charge in [0.15, 0.2) is 0 Å². The van der Waals surface area contributed by atoms with Crippen LogP contribution in [-0.4, -0.2) is 23.9 Å². The second kappa shape index (κ2) is 5.83. The highest BCUT2D eigenvalue weighted by atomic mass is 35.5. The summed E-state index contributed by atoms with van der Waals surface area (Å²) in [5.41, 5.74) is 0.704. The van der Waals surface area contributed by atoms with Gasteiger partial charge in [-0.25, -0.2) is 0 Å². The minimum atomic E-state index is -0.507. The van der Waals surface area contributed by atoms with Crippen LogP contribution in [0.4, 0.5) is 5.69 Å². The Balaban J connectivity index is 2.30. The molecule has 1 aliphatic heterocycles. The third-order valence-corrected chi connectivity index (χ3v) is 3.68. The molecule has 0 bridgehead atoms. The van der Waals surface area contributed by atoms with Crippen LogP contribution in [0.25, 0.3) is 0 Å². The molecule has 1 aromatic carbocycles. The first kappa shape index (κ1) is 14.9. The number of nitrogens with zero attached hydrogens (tertiary/aromatic N) is 1. The Morgan fingerprint density at radius 3 is 2.40 bits per heavy atom. The van der Waals surface area contributed by atoms with Crippen molar-refractivity contribution < 1.29 is 9.59 Å². The average Bonchev–Trinajstić information content (AvgIpc) is 2.38. The number of anilines is 1. The number of hydrogen-bond donors (Lipinski definition) is 1. The summed E-state index contributed by atoms with van der Waals surface area (Å²) in [5, 5.41) is 3.41. The fourth-order valence-corrected chi connectivity index (χ4v) is 2.54. The summed E-state index contributed by atoms with van der Waals surface area (Å²) in [5.74, 6) is 0.156. The Morgan fingerprint density at radius 1 is 1.25 bits per heavy atom. The van der Waals surface area contributed by atoms with Gasteiger partial charge in [0, 0.05) is 10.7 Å². The number of carbonyl (C=O) groups is 2. The predicted molar refractivity (Wildman–Crippen MR) is 79.8 cm³/mol. The Morgan fingerprint density at radius 2 is 1.85 bits per heavy atom. The zero-order valence-corrected chi connectivity index (χ0v) is 12.6. The second-order valence-electron chi connectivity index (χ2n) is 5.55. The van der Waals surface area contributed by atoms with Crippen LogP contribution in [0.5, 0.6) is 0 Å². The molecule has 1 heterocycles. The van der Waals surface area contributed by atoms with Crippen LogP contribution >= 0.6 is 11.6 Å². The molecule has 2 atom stereocenters. The van der Waals surface area contributed by atoms with E-state index in [4.69, 9.17) is 11.6 Å². The molecule has 0 spiro atoms. The molecule has 5 heteroatoms. The summed E-state index contributed by atoms with van der Waals surface area (Å²) in [6.07, 6.45) is 0.640. The van der Waals surface area contributed by atoms with Crippen molar-refractivity contribution in [3.63, 3.8) is 0 Å². The highest BCUT2D eigenvalue weighted by Crippen LogP contribution is 2.24. The van der Waals surface area contributed by atoms with Crippen LogP contribution in [0.1, 0.15) is 27.2 Å². The fraction of sp³-hybridized carbons (Fsp3) is 0.467. The molecular weight excluding hydrogens is 276 g/mol. The van der Waals surface area contributed by atoms with Crippen molar-refractivity contribution >= 4 is 29.1 Å². The first-order valence-corrected chi connectivity index (χ1v) is 7.17. The number of piperazine rings is 1. The minimum Gasteiger partial charge on any atom is -0.342 e. The molecule has 4 nitrogen and oxygen atoms in total. The highest BCUT2D eigenvalue weighted by molar-refractivity contribution is 6.30. The highest BCUT2D eigenvalue weighted by Gasteiger charge is 2.38. The van der Waals surface area contributed by atoms with Gasteiger partial charge in [-0.3, -0.25) is 14.5 Å². The first-order chi connectivity index (χ1) is 9.40. The van der Waals surface area contributed by atoms with Crippen molar-refractivity contribution in [1.82, 2.24) is 5.32 Å². The normalized spacial score (nSPS) is 23.1. The summed E-state index contributed by atoms with van der Waals surface area (Å²) in [6, 6.07) is 6.02. The van der Waals surface area contributed by atoms with Gasteiger partial charge in [0.25, 0.3) is 0 Å². The summed E-state index contributed by atoms with van der Waals surface area (Å²) in [4.78, 5) is 26.2. The quantitative estimate of drug-likeness (QED) is 0.931. The number of amides is 2. The molecule has 0 saturated carbocycles. The third kappa shape index (κ3) is 2.96. The second-order valence-corrected chi connectivity index (χ2v) is 5.99. The van der Waals surface area contributed by atoms with E-state index in [2.05, 4.69) is 5.32 Å². The third-order valence-electron chi connectivity index (χ3n) is 3.43. The van der Waals surface area contributed by atoms with Crippen LogP contribution in [0.15, 0.2) is 24.3 Å². The largest absolute Gasteiger partial charge is 0.342 e. The molecule has 1 fully saturated rings. The van der Waals surface area contributed by atoms with E-state index in [0.717, 1.165) is 0 Å². The lowest BCUT2D eigenvalue weighted by Crippen LogP contribution is -2.63. The topological polar surface area (TPSA) is 49.4 Å². The van der Waals surface area contributed by atoms with Crippen molar-refractivity contribution in [3.05, 3.63) is 29.3 Å². The Hall–Kier alpha value is -1.55. The van der Waals surface area contributed by atoms with Crippen molar-refractivity contribution in [2.45, 2.75) is 39.3 Å². The molecular formula is C15H19ClN2O2. The molecule has 2 amide bonds. The summed E-state index contributed by atoms with van der Waals surface area (Å²) < 4.78 is 0. The van der Waals surface area contributed by atoms with Crippen LogP contribution in [0, 0.1) is 5.92 Å². The molecule has 0 radical (unpaired) electrons. The van der Waals surface area contributed by atoms with E-state index in [-0.39, 0.29) is 11.8 Å². The summed E-state index contributed by atoms with van der Waals surface area (Å²) >= 11 is 5.87. The van der Waals surface area contributed by atoms with Crippen molar-refractivity contribution in [2.24, 2.45) is 5.92 Å². The zero-order valence-electron chi connectivity index (χ0n) is 11.9. The van der Waals surface area contributed by atoms with Gasteiger partial charge in [0.1, 0.15) is 12.1 Å². The van der Waals surface area contributed by atoms with Gasteiger partial charge in [-0.05, 0) is 43.5 Å². The molecule has 1 aromatic rings. The Labute approximate surface area is 124 Å². The van der Waals surface area contributed by atoms with E-state index in [0.29, 0.717) is 23.0 Å². The summed E-state index contributed by atoms with van der Waals surface area (Å²) in [7, 11) is 0. The number of hydrogen-bond acceptors (Lipinski definition) is 2. The number of carbonyl (C=O) groups excluding carboxylic acids is 2. The summed E-state index contributed by atoms with van der Waals surface area (Å²) in [6.45, 7) is 5.79. The van der Waals surface area contributed by atoms with E-state index < -0.39 is 12.1 Å².